The molecule has 0 unspecified atom stereocenters. The first-order valence-electron chi connectivity index (χ1n) is 14.7. The molecule has 194 valence electrons. The molecule has 0 saturated carbocycles. The van der Waals surface area contributed by atoms with Crippen LogP contribution >= 0.6 is 0 Å². The molecule has 0 bridgehead atoms. The summed E-state index contributed by atoms with van der Waals surface area (Å²) in [4.78, 5) is 3.82. The molecular formula is C36H28FN2O+. The lowest BCUT2D eigenvalue weighted by molar-refractivity contribution is -0.661. The van der Waals surface area contributed by atoms with Gasteiger partial charge < -0.3 is 4.42 Å². The second-order valence-electron chi connectivity index (χ2n) is 11.1. The number of aromatic nitrogens is 1. The van der Waals surface area contributed by atoms with Gasteiger partial charge in [0.1, 0.15) is 24.0 Å². The number of hydrogen-bond acceptors (Lipinski definition) is 1. The molecule has 1 aliphatic carbocycles. The molecule has 0 N–H and O–H groups in total. The van der Waals surface area contributed by atoms with Crippen LogP contribution < -0.4 is 4.57 Å². The lowest BCUT2D eigenvalue weighted by Gasteiger charge is -2.22. The molecule has 6 aromatic rings. The van der Waals surface area contributed by atoms with E-state index in [1.165, 1.54) is 34.5 Å². The molecule has 0 aliphatic heterocycles. The summed E-state index contributed by atoms with van der Waals surface area (Å²) < 4.78 is 46.7. The number of benzene rings is 4. The van der Waals surface area contributed by atoms with Gasteiger partial charge in [0.2, 0.25) is 5.69 Å². The van der Waals surface area contributed by atoms with Crippen LogP contribution in [0.4, 0.5) is 10.1 Å². The van der Waals surface area contributed by atoms with Gasteiger partial charge in [-0.25, -0.2) is 13.8 Å². The van der Waals surface area contributed by atoms with Crippen LogP contribution in [-0.4, -0.2) is 0 Å². The quantitative estimate of drug-likeness (QED) is 0.163. The Morgan fingerprint density at radius 3 is 2.48 bits per heavy atom. The smallest absolute Gasteiger partial charge is 0.219 e. The topological polar surface area (TPSA) is 21.4 Å². The highest BCUT2D eigenvalue weighted by molar-refractivity contribution is 6.18. The van der Waals surface area contributed by atoms with E-state index in [1.807, 2.05) is 31.2 Å². The summed E-state index contributed by atoms with van der Waals surface area (Å²) in [7, 11) is 1.70. The molecule has 3 nitrogen and oxygen atoms in total. The zero-order valence-electron chi connectivity index (χ0n) is 25.7. The maximum atomic E-state index is 15.2. The molecule has 0 amide bonds. The monoisotopic (exact) mass is 526 g/mol. The average Bonchev–Trinajstić information content (AvgIpc) is 3.46. The highest BCUT2D eigenvalue weighted by Crippen LogP contribution is 2.51. The van der Waals surface area contributed by atoms with Crippen molar-refractivity contribution in [1.82, 2.24) is 0 Å². The van der Waals surface area contributed by atoms with Crippen LogP contribution in [0, 0.1) is 26.2 Å². The van der Waals surface area contributed by atoms with Crippen molar-refractivity contribution < 1.29 is 17.5 Å². The maximum Gasteiger partial charge on any atom is 0.219 e. The minimum absolute atomic E-state index is 0.171. The molecule has 0 spiro atoms. The van der Waals surface area contributed by atoms with Gasteiger partial charge in [0.15, 0.2) is 11.9 Å². The van der Waals surface area contributed by atoms with Gasteiger partial charge in [-0.05, 0) is 53.2 Å². The van der Waals surface area contributed by atoms with Gasteiger partial charge in [-0.15, -0.1) is 0 Å². The normalized spacial score (nSPS) is 14.8. The number of halogens is 1. The lowest BCUT2D eigenvalue weighted by Crippen LogP contribution is -2.31. The highest BCUT2D eigenvalue weighted by atomic mass is 19.1. The minimum atomic E-state index is -2.58. The molecule has 0 radical (unpaired) electrons. The molecule has 7 rings (SSSR count). The van der Waals surface area contributed by atoms with Gasteiger partial charge >= 0.3 is 0 Å². The lowest BCUT2D eigenvalue weighted by atomic mass is 9.81. The van der Waals surface area contributed by atoms with Crippen LogP contribution in [0.25, 0.3) is 60.3 Å². The van der Waals surface area contributed by atoms with E-state index in [9.17, 15) is 0 Å². The first-order chi connectivity index (χ1) is 20.4. The molecule has 2 aromatic heterocycles. The molecule has 0 atom stereocenters. The molecule has 0 fully saturated rings. The third kappa shape index (κ3) is 3.24. The van der Waals surface area contributed by atoms with Gasteiger partial charge in [-0.2, -0.15) is 0 Å². The summed E-state index contributed by atoms with van der Waals surface area (Å²) in [5.41, 5.74) is 9.89. The van der Waals surface area contributed by atoms with Crippen molar-refractivity contribution in [3.8, 4) is 33.5 Å². The molecule has 4 heteroatoms. The highest BCUT2D eigenvalue weighted by Gasteiger charge is 2.35. The minimum Gasteiger partial charge on any atom is -0.456 e. The molecule has 2 heterocycles. The van der Waals surface area contributed by atoms with E-state index in [2.05, 4.69) is 61.2 Å². The Hall–Kier alpha value is -4.75. The third-order valence-corrected chi connectivity index (χ3v) is 8.47. The summed E-state index contributed by atoms with van der Waals surface area (Å²) in [6.45, 7) is 11.7. The number of rotatable bonds is 2. The Balaban J connectivity index is 1.49. The first-order valence-corrected chi connectivity index (χ1v) is 13.2. The molecule has 1 aliphatic rings. The largest absolute Gasteiger partial charge is 0.456 e. The zero-order valence-corrected chi connectivity index (χ0v) is 22.7. The SMILES string of the molecule is [2H]C([2H])([2H])c1c[n+](C)c(-c2c(C)ccc3c2oc2c(-c4ccc5c(c4)C(C)(C)c4ccccc4-5)ccc([N+]#[C-])c23)cc1F. The molecule has 0 saturated heterocycles. The number of fused-ring (bicyclic) bond motifs is 6. The fourth-order valence-electron chi connectivity index (χ4n) is 6.41. The zero-order chi connectivity index (χ0) is 30.4. The van der Waals surface area contributed by atoms with Crippen LogP contribution in [0.3, 0.4) is 0 Å². The Morgan fingerprint density at radius 1 is 0.900 bits per heavy atom. The van der Waals surface area contributed by atoms with E-state index in [-0.39, 0.29) is 11.0 Å². The fraction of sp³-hybridized carbons (Fsp3) is 0.167. The van der Waals surface area contributed by atoms with Crippen molar-refractivity contribution in [2.45, 2.75) is 33.0 Å². The van der Waals surface area contributed by atoms with Gasteiger partial charge in [0, 0.05) is 37.5 Å². The first kappa shape index (κ1) is 21.1. The van der Waals surface area contributed by atoms with Crippen molar-refractivity contribution >= 4 is 27.6 Å². The number of nitrogens with zero attached hydrogens (tertiary/aromatic N) is 2. The van der Waals surface area contributed by atoms with E-state index in [0.717, 1.165) is 22.1 Å². The van der Waals surface area contributed by atoms with Crippen LogP contribution in [-0.2, 0) is 12.5 Å². The second-order valence-corrected chi connectivity index (χ2v) is 11.1. The summed E-state index contributed by atoms with van der Waals surface area (Å²) in [5.74, 6) is -0.801. The number of hydrogen-bond donors (Lipinski definition) is 0. The Bertz CT molecular complexity index is 2200. The molecule has 4 aromatic carbocycles. The Kier molecular flexibility index (Phi) is 4.42. The van der Waals surface area contributed by atoms with Crippen LogP contribution in [0.15, 0.2) is 83.4 Å². The number of furan rings is 1. The third-order valence-electron chi connectivity index (χ3n) is 8.47. The number of pyridine rings is 1. The summed E-state index contributed by atoms with van der Waals surface area (Å²) in [6.07, 6.45) is 1.32. The Labute approximate surface area is 237 Å². The van der Waals surface area contributed by atoms with Gasteiger partial charge in [0.05, 0.1) is 12.1 Å². The van der Waals surface area contributed by atoms with Crippen LogP contribution in [0.2, 0.25) is 0 Å². The Morgan fingerprint density at radius 2 is 1.68 bits per heavy atom. The van der Waals surface area contributed by atoms with E-state index in [4.69, 9.17) is 15.1 Å². The predicted octanol–water partition coefficient (Wildman–Crippen LogP) is 9.36. The van der Waals surface area contributed by atoms with Crippen LogP contribution in [0.1, 0.15) is 40.2 Å². The van der Waals surface area contributed by atoms with Gasteiger partial charge in [-0.1, -0.05) is 74.5 Å². The maximum absolute atomic E-state index is 15.2. The summed E-state index contributed by atoms with van der Waals surface area (Å²) >= 11 is 0. The van der Waals surface area contributed by atoms with E-state index in [1.54, 1.807) is 11.6 Å². The summed E-state index contributed by atoms with van der Waals surface area (Å²) in [5, 5.41) is 1.45. The standard InChI is InChI=1S/C36H28FN2O/c1-20-11-13-26-33-30(38-5)16-15-23(34(33)40-35(26)32(20)31-18-29(37)21(2)19-39(31)6)22-12-14-25-24-9-7-8-10-27(24)36(3,4)28(25)17-22/h7-19H,1-4,6H3/q+1/i2D3. The van der Waals surface area contributed by atoms with Crippen molar-refractivity contribution in [3.63, 3.8) is 0 Å². The van der Waals surface area contributed by atoms with E-state index in [0.29, 0.717) is 33.5 Å². The molecular weight excluding hydrogens is 495 g/mol. The van der Waals surface area contributed by atoms with Crippen molar-refractivity contribution in [3.05, 3.63) is 118 Å². The molecule has 40 heavy (non-hydrogen) atoms. The number of aryl methyl sites for hydroxylation is 3. The van der Waals surface area contributed by atoms with E-state index >= 15 is 4.39 Å². The van der Waals surface area contributed by atoms with Crippen molar-refractivity contribution in [2.75, 3.05) is 0 Å². The van der Waals surface area contributed by atoms with Gasteiger partial charge in [-0.3, -0.25) is 0 Å². The average molecular weight is 527 g/mol. The van der Waals surface area contributed by atoms with Crippen molar-refractivity contribution in [1.29, 1.82) is 0 Å². The van der Waals surface area contributed by atoms with Gasteiger partial charge in [0.25, 0.3) is 0 Å². The van der Waals surface area contributed by atoms with Crippen LogP contribution in [0.5, 0.6) is 0 Å². The predicted molar refractivity (Wildman–Crippen MR) is 159 cm³/mol. The fourth-order valence-corrected chi connectivity index (χ4v) is 6.41. The van der Waals surface area contributed by atoms with Crippen molar-refractivity contribution in [2.24, 2.45) is 7.05 Å². The second kappa shape index (κ2) is 8.37. The van der Waals surface area contributed by atoms with E-state index < -0.39 is 12.7 Å². The summed E-state index contributed by atoms with van der Waals surface area (Å²) in [6, 6.07) is 23.9.